The second-order valence-corrected chi connectivity index (χ2v) is 4.95. The Morgan fingerprint density at radius 1 is 1.10 bits per heavy atom. The predicted octanol–water partition coefficient (Wildman–Crippen LogP) is 3.49. The maximum atomic E-state index is 12.5. The third kappa shape index (κ3) is 2.15. The summed E-state index contributed by atoms with van der Waals surface area (Å²) in [4.78, 5) is 4.47. The number of alkyl halides is 3. The SMILES string of the molecule is Nc1c(-c2ccc(C(F)(F)F)cc2)nc2n1CCCC2. The van der Waals surface area contributed by atoms with Crippen LogP contribution in [-0.4, -0.2) is 9.55 Å². The first-order chi connectivity index (χ1) is 9.47. The highest BCUT2D eigenvalue weighted by Gasteiger charge is 2.30. The lowest BCUT2D eigenvalue weighted by molar-refractivity contribution is -0.137. The van der Waals surface area contributed by atoms with Crippen molar-refractivity contribution in [2.45, 2.75) is 32.0 Å². The van der Waals surface area contributed by atoms with Crippen LogP contribution in [0, 0.1) is 0 Å². The van der Waals surface area contributed by atoms with Crippen LogP contribution >= 0.6 is 0 Å². The molecule has 6 heteroatoms. The Morgan fingerprint density at radius 2 is 1.80 bits per heavy atom. The van der Waals surface area contributed by atoms with Gasteiger partial charge in [-0.05, 0) is 25.0 Å². The predicted molar refractivity (Wildman–Crippen MR) is 70.0 cm³/mol. The second-order valence-electron chi connectivity index (χ2n) is 4.95. The minimum atomic E-state index is -4.32. The molecule has 0 amide bonds. The number of aromatic nitrogens is 2. The van der Waals surface area contributed by atoms with E-state index in [1.165, 1.54) is 12.1 Å². The number of anilines is 1. The Morgan fingerprint density at radius 3 is 2.40 bits per heavy atom. The molecule has 0 aliphatic carbocycles. The lowest BCUT2D eigenvalue weighted by Gasteiger charge is -2.14. The molecular weight excluding hydrogens is 267 g/mol. The quantitative estimate of drug-likeness (QED) is 0.869. The van der Waals surface area contributed by atoms with E-state index in [0.29, 0.717) is 17.1 Å². The number of benzene rings is 1. The molecule has 0 radical (unpaired) electrons. The second kappa shape index (κ2) is 4.54. The molecule has 1 aliphatic rings. The average molecular weight is 281 g/mol. The van der Waals surface area contributed by atoms with Gasteiger partial charge in [0.25, 0.3) is 0 Å². The summed E-state index contributed by atoms with van der Waals surface area (Å²) in [5.41, 5.74) is 6.60. The molecule has 1 aromatic carbocycles. The van der Waals surface area contributed by atoms with Crippen molar-refractivity contribution < 1.29 is 13.2 Å². The number of fused-ring (bicyclic) bond motifs is 1. The molecule has 3 nitrogen and oxygen atoms in total. The van der Waals surface area contributed by atoms with Gasteiger partial charge in [0, 0.05) is 18.5 Å². The summed E-state index contributed by atoms with van der Waals surface area (Å²) >= 11 is 0. The molecule has 0 atom stereocenters. The summed E-state index contributed by atoms with van der Waals surface area (Å²) in [5, 5.41) is 0. The number of aryl methyl sites for hydroxylation is 1. The third-order valence-corrected chi connectivity index (χ3v) is 3.60. The number of nitrogens with zero attached hydrogens (tertiary/aromatic N) is 2. The largest absolute Gasteiger partial charge is 0.416 e. The molecule has 20 heavy (non-hydrogen) atoms. The molecule has 0 saturated heterocycles. The topological polar surface area (TPSA) is 43.8 Å². The highest BCUT2D eigenvalue weighted by molar-refractivity contribution is 5.71. The van der Waals surface area contributed by atoms with Crippen molar-refractivity contribution in [3.63, 3.8) is 0 Å². The first-order valence-electron chi connectivity index (χ1n) is 6.49. The Labute approximate surface area is 114 Å². The molecule has 0 spiro atoms. The molecular formula is C14H14F3N3. The number of imidazole rings is 1. The Bertz CT molecular complexity index is 626. The average Bonchev–Trinajstić information content (AvgIpc) is 2.76. The number of rotatable bonds is 1. The number of halogens is 3. The van der Waals surface area contributed by atoms with Gasteiger partial charge in [-0.1, -0.05) is 12.1 Å². The van der Waals surface area contributed by atoms with Gasteiger partial charge in [-0.15, -0.1) is 0 Å². The van der Waals surface area contributed by atoms with Crippen molar-refractivity contribution in [2.24, 2.45) is 0 Å². The van der Waals surface area contributed by atoms with Gasteiger partial charge in [0.15, 0.2) is 0 Å². The summed E-state index contributed by atoms with van der Waals surface area (Å²) in [6.45, 7) is 0.828. The molecule has 1 aliphatic heterocycles. The van der Waals surface area contributed by atoms with Gasteiger partial charge in [0.05, 0.1) is 5.56 Å². The summed E-state index contributed by atoms with van der Waals surface area (Å²) in [7, 11) is 0. The van der Waals surface area contributed by atoms with E-state index in [1.54, 1.807) is 0 Å². The van der Waals surface area contributed by atoms with Gasteiger partial charge in [-0.3, -0.25) is 0 Å². The maximum absolute atomic E-state index is 12.5. The van der Waals surface area contributed by atoms with Gasteiger partial charge in [-0.2, -0.15) is 13.2 Å². The van der Waals surface area contributed by atoms with Crippen molar-refractivity contribution in [1.29, 1.82) is 0 Å². The van der Waals surface area contributed by atoms with Crippen LogP contribution in [0.3, 0.4) is 0 Å². The summed E-state index contributed by atoms with van der Waals surface area (Å²) in [6.07, 6.45) is -1.33. The zero-order valence-corrected chi connectivity index (χ0v) is 10.7. The number of nitrogens with two attached hydrogens (primary N) is 1. The van der Waals surface area contributed by atoms with E-state index in [2.05, 4.69) is 4.98 Å². The van der Waals surface area contributed by atoms with Gasteiger partial charge < -0.3 is 10.3 Å². The first kappa shape index (κ1) is 13.0. The maximum Gasteiger partial charge on any atom is 0.416 e. The Balaban J connectivity index is 1.99. The van der Waals surface area contributed by atoms with Crippen LogP contribution in [0.4, 0.5) is 19.0 Å². The minimum Gasteiger partial charge on any atom is -0.383 e. The Hall–Kier alpha value is -1.98. The molecule has 2 heterocycles. The minimum absolute atomic E-state index is 0.541. The van der Waals surface area contributed by atoms with E-state index in [1.807, 2.05) is 4.57 Å². The lowest BCUT2D eigenvalue weighted by Crippen LogP contribution is -2.12. The molecule has 1 aromatic heterocycles. The van der Waals surface area contributed by atoms with Crippen LogP contribution < -0.4 is 5.73 Å². The highest BCUT2D eigenvalue weighted by Crippen LogP contribution is 2.33. The molecule has 2 aromatic rings. The van der Waals surface area contributed by atoms with Crippen LogP contribution in [0.5, 0.6) is 0 Å². The zero-order valence-electron chi connectivity index (χ0n) is 10.7. The molecule has 0 unspecified atom stereocenters. The van der Waals surface area contributed by atoms with Gasteiger partial charge >= 0.3 is 6.18 Å². The fraction of sp³-hybridized carbons (Fsp3) is 0.357. The van der Waals surface area contributed by atoms with Crippen molar-refractivity contribution in [3.05, 3.63) is 35.7 Å². The van der Waals surface area contributed by atoms with Crippen LogP contribution in [0.15, 0.2) is 24.3 Å². The van der Waals surface area contributed by atoms with Crippen molar-refractivity contribution >= 4 is 5.82 Å². The monoisotopic (exact) mass is 281 g/mol. The zero-order chi connectivity index (χ0) is 14.3. The molecule has 2 N–H and O–H groups in total. The van der Waals surface area contributed by atoms with Gasteiger partial charge in [0.2, 0.25) is 0 Å². The van der Waals surface area contributed by atoms with Crippen LogP contribution in [0.2, 0.25) is 0 Å². The van der Waals surface area contributed by atoms with Crippen LogP contribution in [-0.2, 0) is 19.1 Å². The highest BCUT2D eigenvalue weighted by atomic mass is 19.4. The van der Waals surface area contributed by atoms with E-state index in [-0.39, 0.29) is 0 Å². The summed E-state index contributed by atoms with van der Waals surface area (Å²) in [6, 6.07) is 4.97. The third-order valence-electron chi connectivity index (χ3n) is 3.60. The van der Waals surface area contributed by atoms with Crippen molar-refractivity contribution in [3.8, 4) is 11.3 Å². The standard InChI is InChI=1S/C14H14F3N3/c15-14(16,17)10-6-4-9(5-7-10)12-13(18)20-8-2-1-3-11(20)19-12/h4-7H,1-3,8,18H2. The molecule has 0 saturated carbocycles. The van der Waals surface area contributed by atoms with Crippen LogP contribution in [0.1, 0.15) is 24.2 Å². The smallest absolute Gasteiger partial charge is 0.383 e. The van der Waals surface area contributed by atoms with E-state index in [4.69, 9.17) is 5.73 Å². The van der Waals surface area contributed by atoms with Crippen molar-refractivity contribution in [2.75, 3.05) is 5.73 Å². The first-order valence-corrected chi connectivity index (χ1v) is 6.49. The summed E-state index contributed by atoms with van der Waals surface area (Å²) < 4.78 is 39.6. The van der Waals surface area contributed by atoms with E-state index in [9.17, 15) is 13.2 Å². The van der Waals surface area contributed by atoms with Crippen LogP contribution in [0.25, 0.3) is 11.3 Å². The summed E-state index contributed by atoms with van der Waals surface area (Å²) in [5.74, 6) is 1.46. The molecule has 106 valence electrons. The number of hydrogen-bond donors (Lipinski definition) is 1. The van der Waals surface area contributed by atoms with Gasteiger partial charge in [-0.25, -0.2) is 4.98 Å². The number of hydrogen-bond acceptors (Lipinski definition) is 2. The van der Waals surface area contributed by atoms with E-state index in [0.717, 1.165) is 43.8 Å². The van der Waals surface area contributed by atoms with Crippen molar-refractivity contribution in [1.82, 2.24) is 9.55 Å². The Kier molecular flexibility index (Phi) is 2.96. The molecule has 0 bridgehead atoms. The molecule has 3 rings (SSSR count). The fourth-order valence-corrected chi connectivity index (χ4v) is 2.54. The normalized spacial score (nSPS) is 15.2. The number of nitrogen functional groups attached to an aromatic ring is 1. The lowest BCUT2D eigenvalue weighted by atomic mass is 10.1. The van der Waals surface area contributed by atoms with E-state index >= 15 is 0 Å². The molecule has 0 fully saturated rings. The van der Waals surface area contributed by atoms with Gasteiger partial charge in [0.1, 0.15) is 17.3 Å². The fourth-order valence-electron chi connectivity index (χ4n) is 2.54. The van der Waals surface area contributed by atoms with E-state index < -0.39 is 11.7 Å².